The normalized spacial score (nSPS) is 14.8. The maximum atomic E-state index is 6.02. The van der Waals surface area contributed by atoms with E-state index in [0.717, 1.165) is 6.54 Å². The summed E-state index contributed by atoms with van der Waals surface area (Å²) in [6.07, 6.45) is 0. The second-order valence-electron chi connectivity index (χ2n) is 6.08. The van der Waals surface area contributed by atoms with Gasteiger partial charge in [-0.1, -0.05) is 19.9 Å². The lowest BCUT2D eigenvalue weighted by molar-refractivity contribution is 0.297. The second-order valence-corrected chi connectivity index (χ2v) is 6.08. The molecule has 19 heavy (non-hydrogen) atoms. The van der Waals surface area contributed by atoms with Gasteiger partial charge in [0.2, 0.25) is 0 Å². The van der Waals surface area contributed by atoms with E-state index in [2.05, 4.69) is 52.9 Å². The molecule has 0 amide bonds. The van der Waals surface area contributed by atoms with Crippen LogP contribution in [0.3, 0.4) is 0 Å². The Bertz CT molecular complexity index is 409. The molecule has 0 saturated heterocycles. The van der Waals surface area contributed by atoms with Crippen LogP contribution in [0.2, 0.25) is 0 Å². The van der Waals surface area contributed by atoms with E-state index in [4.69, 9.17) is 5.73 Å². The topological polar surface area (TPSA) is 38.0 Å². The number of nitrogens with two attached hydrogens (primary N) is 1. The third kappa shape index (κ3) is 3.18. The van der Waals surface area contributed by atoms with Crippen LogP contribution in [0.25, 0.3) is 0 Å². The molecule has 2 unspecified atom stereocenters. The van der Waals surface area contributed by atoms with Crippen molar-refractivity contribution in [2.45, 2.75) is 47.6 Å². The lowest BCUT2D eigenvalue weighted by Gasteiger charge is -2.32. The van der Waals surface area contributed by atoms with Crippen molar-refractivity contribution in [3.8, 4) is 0 Å². The van der Waals surface area contributed by atoms with Crippen LogP contribution in [0.15, 0.2) is 6.07 Å². The zero-order valence-electron chi connectivity index (χ0n) is 13.6. The highest BCUT2D eigenvalue weighted by Gasteiger charge is 2.26. The first-order chi connectivity index (χ1) is 8.84. The summed E-state index contributed by atoms with van der Waals surface area (Å²) in [6.45, 7) is 14.1. The summed E-state index contributed by atoms with van der Waals surface area (Å²) >= 11 is 0. The smallest absolute Gasteiger partial charge is 0.0366 e. The van der Waals surface area contributed by atoms with Crippen molar-refractivity contribution in [1.29, 1.82) is 0 Å². The van der Waals surface area contributed by atoms with Crippen LogP contribution in [-0.4, -0.2) is 13.6 Å². The summed E-state index contributed by atoms with van der Waals surface area (Å²) in [4.78, 5) is 0. The molecule has 108 valence electrons. The summed E-state index contributed by atoms with van der Waals surface area (Å²) in [5.74, 6) is 1.03. The van der Waals surface area contributed by atoms with Crippen LogP contribution in [0.1, 0.15) is 47.7 Å². The SMILES string of the molecule is CNC(c1c(C)c(C)cc(C)c1C)C(CN)C(C)C. The van der Waals surface area contributed by atoms with Gasteiger partial charge in [-0.2, -0.15) is 0 Å². The van der Waals surface area contributed by atoms with E-state index in [9.17, 15) is 0 Å². The predicted molar refractivity (Wildman–Crippen MR) is 84.6 cm³/mol. The van der Waals surface area contributed by atoms with Gasteiger partial charge in [0.1, 0.15) is 0 Å². The van der Waals surface area contributed by atoms with E-state index < -0.39 is 0 Å². The summed E-state index contributed by atoms with van der Waals surface area (Å²) in [6, 6.07) is 2.62. The lowest BCUT2D eigenvalue weighted by Crippen LogP contribution is -2.35. The first kappa shape index (κ1) is 16.2. The molecule has 3 N–H and O–H groups in total. The fraction of sp³-hybridized carbons (Fsp3) is 0.647. The van der Waals surface area contributed by atoms with Crippen molar-refractivity contribution >= 4 is 0 Å². The Hall–Kier alpha value is -0.860. The van der Waals surface area contributed by atoms with Gasteiger partial charge < -0.3 is 11.1 Å². The minimum Gasteiger partial charge on any atom is -0.330 e. The van der Waals surface area contributed by atoms with E-state index in [1.807, 2.05) is 7.05 Å². The minimum atomic E-state index is 0.337. The first-order valence-electron chi connectivity index (χ1n) is 7.29. The number of hydrogen-bond acceptors (Lipinski definition) is 2. The first-order valence-corrected chi connectivity index (χ1v) is 7.29. The van der Waals surface area contributed by atoms with Gasteiger partial charge in [0, 0.05) is 6.04 Å². The maximum absolute atomic E-state index is 6.02. The van der Waals surface area contributed by atoms with Gasteiger partial charge >= 0.3 is 0 Å². The zero-order chi connectivity index (χ0) is 14.7. The number of aryl methyl sites for hydroxylation is 2. The molecular formula is C17H30N2. The number of nitrogens with one attached hydrogen (secondary N) is 1. The van der Waals surface area contributed by atoms with Crippen molar-refractivity contribution < 1.29 is 0 Å². The van der Waals surface area contributed by atoms with E-state index in [-0.39, 0.29) is 0 Å². The van der Waals surface area contributed by atoms with Gasteiger partial charge in [-0.05, 0) is 80.9 Å². The molecule has 1 rings (SSSR count). The van der Waals surface area contributed by atoms with Crippen molar-refractivity contribution in [2.24, 2.45) is 17.6 Å². The fourth-order valence-corrected chi connectivity index (χ4v) is 3.08. The Labute approximate surface area is 118 Å². The van der Waals surface area contributed by atoms with Crippen molar-refractivity contribution in [3.63, 3.8) is 0 Å². The molecule has 2 atom stereocenters. The Morgan fingerprint density at radius 3 is 1.84 bits per heavy atom. The molecule has 0 aliphatic rings. The van der Waals surface area contributed by atoms with Crippen LogP contribution < -0.4 is 11.1 Å². The average Bonchev–Trinajstić information content (AvgIpc) is 2.35. The third-order valence-corrected chi connectivity index (χ3v) is 4.60. The highest BCUT2D eigenvalue weighted by Crippen LogP contribution is 2.34. The second kappa shape index (κ2) is 6.53. The molecule has 2 nitrogen and oxygen atoms in total. The van der Waals surface area contributed by atoms with E-state index in [1.54, 1.807) is 0 Å². The van der Waals surface area contributed by atoms with E-state index in [1.165, 1.54) is 27.8 Å². The Balaban J connectivity index is 3.40. The van der Waals surface area contributed by atoms with Crippen LogP contribution in [0.4, 0.5) is 0 Å². The van der Waals surface area contributed by atoms with Crippen LogP contribution in [-0.2, 0) is 0 Å². The van der Waals surface area contributed by atoms with Gasteiger partial charge in [-0.3, -0.25) is 0 Å². The van der Waals surface area contributed by atoms with Crippen LogP contribution >= 0.6 is 0 Å². The van der Waals surface area contributed by atoms with E-state index in [0.29, 0.717) is 17.9 Å². The molecule has 0 aromatic heterocycles. The van der Waals surface area contributed by atoms with Crippen molar-refractivity contribution in [3.05, 3.63) is 33.9 Å². The monoisotopic (exact) mass is 262 g/mol. The molecule has 0 radical (unpaired) electrons. The number of rotatable bonds is 5. The van der Waals surface area contributed by atoms with Crippen molar-refractivity contribution in [2.75, 3.05) is 13.6 Å². The quantitative estimate of drug-likeness (QED) is 0.853. The summed E-state index contributed by atoms with van der Waals surface area (Å²) in [7, 11) is 2.05. The number of benzene rings is 1. The van der Waals surface area contributed by atoms with Gasteiger partial charge in [0.15, 0.2) is 0 Å². The molecule has 0 aliphatic heterocycles. The number of hydrogen-bond donors (Lipinski definition) is 2. The highest BCUT2D eigenvalue weighted by molar-refractivity contribution is 5.46. The Morgan fingerprint density at radius 2 is 1.53 bits per heavy atom. The average molecular weight is 262 g/mol. The highest BCUT2D eigenvalue weighted by atomic mass is 14.9. The summed E-state index contributed by atoms with van der Waals surface area (Å²) in [5, 5.41) is 3.51. The maximum Gasteiger partial charge on any atom is 0.0366 e. The van der Waals surface area contributed by atoms with Crippen LogP contribution in [0, 0.1) is 39.5 Å². The zero-order valence-corrected chi connectivity index (χ0v) is 13.6. The molecule has 0 aliphatic carbocycles. The predicted octanol–water partition coefficient (Wildman–Crippen LogP) is 3.41. The van der Waals surface area contributed by atoms with Gasteiger partial charge in [-0.25, -0.2) is 0 Å². The van der Waals surface area contributed by atoms with E-state index >= 15 is 0 Å². The fourth-order valence-electron chi connectivity index (χ4n) is 3.08. The molecule has 1 aromatic rings. The standard InChI is InChI=1S/C17H30N2/c1-10(2)15(9-18)17(19-7)16-13(5)11(3)8-12(4)14(16)6/h8,10,15,17,19H,9,18H2,1-7H3. The molecule has 0 spiro atoms. The summed E-state index contributed by atoms with van der Waals surface area (Å²) < 4.78 is 0. The molecular weight excluding hydrogens is 232 g/mol. The molecule has 0 heterocycles. The third-order valence-electron chi connectivity index (χ3n) is 4.60. The van der Waals surface area contributed by atoms with Gasteiger partial charge in [0.05, 0.1) is 0 Å². The molecule has 1 aromatic carbocycles. The molecule has 0 saturated carbocycles. The molecule has 2 heteroatoms. The molecule has 0 bridgehead atoms. The lowest BCUT2D eigenvalue weighted by atomic mass is 9.79. The Morgan fingerprint density at radius 1 is 1.05 bits per heavy atom. The van der Waals surface area contributed by atoms with Crippen molar-refractivity contribution in [1.82, 2.24) is 5.32 Å². The molecule has 0 fully saturated rings. The van der Waals surface area contributed by atoms with Crippen LogP contribution in [0.5, 0.6) is 0 Å². The summed E-state index contributed by atoms with van der Waals surface area (Å²) in [5.41, 5.74) is 13.0. The Kier molecular flexibility index (Phi) is 5.57. The minimum absolute atomic E-state index is 0.337. The largest absolute Gasteiger partial charge is 0.330 e. The van der Waals surface area contributed by atoms with Gasteiger partial charge in [0.25, 0.3) is 0 Å². The van der Waals surface area contributed by atoms with Gasteiger partial charge in [-0.15, -0.1) is 0 Å².